The van der Waals surface area contributed by atoms with Crippen LogP contribution in [0.5, 0.6) is 11.5 Å². The smallest absolute Gasteiger partial charge is 0.349 e. The van der Waals surface area contributed by atoms with Crippen molar-refractivity contribution in [1.29, 1.82) is 5.26 Å². The van der Waals surface area contributed by atoms with E-state index in [1.807, 2.05) is 4.98 Å². The second-order valence-corrected chi connectivity index (χ2v) is 7.48. The second-order valence-electron chi connectivity index (χ2n) is 6.67. The summed E-state index contributed by atoms with van der Waals surface area (Å²) in [6.07, 6.45) is 4.56. The Kier molecular flexibility index (Phi) is 5.20. The van der Waals surface area contributed by atoms with Crippen molar-refractivity contribution in [2.45, 2.75) is 25.3 Å². The molecule has 0 atom stereocenters. The third-order valence-electron chi connectivity index (χ3n) is 4.76. The van der Waals surface area contributed by atoms with Crippen LogP contribution in [-0.4, -0.2) is 19.3 Å². The largest absolute Gasteiger partial charge is 0.453 e. The number of nitriles is 1. The van der Waals surface area contributed by atoms with E-state index >= 15 is 0 Å². The lowest BCUT2D eigenvalue weighted by Gasteiger charge is -2.27. The molecule has 0 saturated heterocycles. The van der Waals surface area contributed by atoms with Gasteiger partial charge in [0.1, 0.15) is 11.8 Å². The Labute approximate surface area is 178 Å². The summed E-state index contributed by atoms with van der Waals surface area (Å²) >= 11 is 12.6. The quantitative estimate of drug-likeness (QED) is 0.658. The van der Waals surface area contributed by atoms with E-state index in [-0.39, 0.29) is 33.1 Å². The number of aromatic nitrogens is 4. The van der Waals surface area contributed by atoms with E-state index < -0.39 is 16.9 Å². The number of ether oxygens (including phenoxy) is 1. The topological polar surface area (TPSA) is 123 Å². The molecule has 1 N–H and O–H groups in total. The Balaban J connectivity index is 1.71. The summed E-state index contributed by atoms with van der Waals surface area (Å²) in [5, 5.41) is 12.8. The zero-order valence-electron chi connectivity index (χ0n) is 15.3. The first-order valence-corrected chi connectivity index (χ1v) is 9.66. The highest BCUT2D eigenvalue weighted by Gasteiger charge is 2.21. The Morgan fingerprint density at radius 1 is 1.17 bits per heavy atom. The Morgan fingerprint density at radius 3 is 2.47 bits per heavy atom. The second kappa shape index (κ2) is 7.82. The Morgan fingerprint density at radius 2 is 1.87 bits per heavy atom. The molecule has 0 unspecified atom stereocenters. The molecule has 3 aromatic rings. The first-order chi connectivity index (χ1) is 14.4. The SMILES string of the molecule is N#Cc1nn(-c2cc(Cl)c(Oc3ccc(=O)n(C4CCC4)c3)c(Cl)c2)c(=O)[nH]c1=O. The molecule has 1 aliphatic carbocycles. The van der Waals surface area contributed by atoms with E-state index in [0.717, 1.165) is 23.9 Å². The monoisotopic (exact) mass is 445 g/mol. The average molecular weight is 446 g/mol. The van der Waals surface area contributed by atoms with Crippen molar-refractivity contribution in [3.05, 3.63) is 77.4 Å². The van der Waals surface area contributed by atoms with Gasteiger partial charge >= 0.3 is 5.69 Å². The number of nitrogens with zero attached hydrogens (tertiary/aromatic N) is 4. The standard InChI is InChI=1S/C19H13Cl2N5O4/c20-13-6-11(26-19(29)23-18(28)15(8-22)24-26)7-14(21)17(13)30-12-4-5-16(27)25(9-12)10-2-1-3-10/h4-7,9-10H,1-3H2,(H,23,28,29). The average Bonchev–Trinajstić information content (AvgIpc) is 2.65. The molecular formula is C19H13Cl2N5O4. The number of H-pyrrole nitrogens is 1. The third kappa shape index (κ3) is 3.63. The first-order valence-electron chi connectivity index (χ1n) is 8.90. The van der Waals surface area contributed by atoms with Crippen LogP contribution in [0.4, 0.5) is 0 Å². The lowest BCUT2D eigenvalue weighted by molar-refractivity contribution is 0.303. The zero-order chi connectivity index (χ0) is 21.4. The number of nitrogens with one attached hydrogen (secondary N) is 1. The molecule has 0 bridgehead atoms. The number of halogens is 2. The molecule has 11 heteroatoms. The van der Waals surface area contributed by atoms with Crippen molar-refractivity contribution in [1.82, 2.24) is 19.3 Å². The minimum atomic E-state index is -0.891. The summed E-state index contributed by atoms with van der Waals surface area (Å²) in [5.74, 6) is 0.503. The number of rotatable bonds is 4. The fourth-order valence-electron chi connectivity index (χ4n) is 3.03. The summed E-state index contributed by atoms with van der Waals surface area (Å²) < 4.78 is 8.23. The van der Waals surface area contributed by atoms with E-state index in [4.69, 9.17) is 33.2 Å². The molecule has 1 saturated carbocycles. The van der Waals surface area contributed by atoms with Crippen LogP contribution in [0.1, 0.15) is 31.0 Å². The van der Waals surface area contributed by atoms with Gasteiger partial charge in [-0.3, -0.25) is 14.6 Å². The molecule has 1 fully saturated rings. The van der Waals surface area contributed by atoms with Gasteiger partial charge in [-0.05, 0) is 37.5 Å². The highest BCUT2D eigenvalue weighted by molar-refractivity contribution is 6.37. The van der Waals surface area contributed by atoms with E-state index in [9.17, 15) is 14.4 Å². The Hall–Kier alpha value is -3.35. The molecule has 9 nitrogen and oxygen atoms in total. The van der Waals surface area contributed by atoms with Gasteiger partial charge in [-0.25, -0.2) is 4.79 Å². The highest BCUT2D eigenvalue weighted by atomic mass is 35.5. The maximum absolute atomic E-state index is 12.1. The molecule has 0 radical (unpaired) electrons. The van der Waals surface area contributed by atoms with Crippen LogP contribution in [0.25, 0.3) is 5.69 Å². The lowest BCUT2D eigenvalue weighted by Crippen LogP contribution is -2.33. The van der Waals surface area contributed by atoms with Gasteiger partial charge in [0, 0.05) is 12.1 Å². The molecule has 0 aliphatic heterocycles. The predicted molar refractivity (Wildman–Crippen MR) is 109 cm³/mol. The highest BCUT2D eigenvalue weighted by Crippen LogP contribution is 2.38. The van der Waals surface area contributed by atoms with E-state index in [1.165, 1.54) is 24.3 Å². The van der Waals surface area contributed by atoms with Crippen molar-refractivity contribution >= 4 is 23.2 Å². The van der Waals surface area contributed by atoms with Crippen LogP contribution in [0.3, 0.4) is 0 Å². The summed E-state index contributed by atoms with van der Waals surface area (Å²) in [7, 11) is 0. The fourth-order valence-corrected chi connectivity index (χ4v) is 3.58. The first kappa shape index (κ1) is 19.9. The maximum Gasteiger partial charge on any atom is 0.349 e. The summed E-state index contributed by atoms with van der Waals surface area (Å²) in [5.41, 5.74) is -2.21. The van der Waals surface area contributed by atoms with Crippen LogP contribution >= 0.6 is 23.2 Å². The molecule has 1 aliphatic rings. The fraction of sp³-hybridized carbons (Fsp3) is 0.211. The van der Waals surface area contributed by atoms with Crippen LogP contribution in [0, 0.1) is 11.3 Å². The number of hydrogen-bond acceptors (Lipinski definition) is 6. The van der Waals surface area contributed by atoms with Crippen molar-refractivity contribution in [2.24, 2.45) is 0 Å². The molecular weight excluding hydrogens is 433 g/mol. The minimum Gasteiger partial charge on any atom is -0.453 e. The molecule has 0 spiro atoms. The minimum absolute atomic E-state index is 0.0669. The van der Waals surface area contributed by atoms with E-state index in [0.29, 0.717) is 5.75 Å². The molecule has 0 amide bonds. The molecule has 30 heavy (non-hydrogen) atoms. The molecule has 4 rings (SSSR count). The maximum atomic E-state index is 12.1. The van der Waals surface area contributed by atoms with Crippen LogP contribution < -0.4 is 21.5 Å². The summed E-state index contributed by atoms with van der Waals surface area (Å²) in [4.78, 5) is 37.7. The molecule has 2 heterocycles. The van der Waals surface area contributed by atoms with Crippen LogP contribution in [-0.2, 0) is 0 Å². The zero-order valence-corrected chi connectivity index (χ0v) is 16.8. The van der Waals surface area contributed by atoms with Crippen molar-refractivity contribution in [3.63, 3.8) is 0 Å². The summed E-state index contributed by atoms with van der Waals surface area (Å²) in [6, 6.07) is 7.41. The Bertz CT molecular complexity index is 1340. The molecule has 2 aromatic heterocycles. The number of pyridine rings is 1. The number of hydrogen-bond donors (Lipinski definition) is 1. The van der Waals surface area contributed by atoms with Gasteiger partial charge in [0.2, 0.25) is 5.69 Å². The van der Waals surface area contributed by atoms with E-state index in [2.05, 4.69) is 5.10 Å². The molecule has 152 valence electrons. The van der Waals surface area contributed by atoms with Crippen molar-refractivity contribution < 1.29 is 4.74 Å². The lowest BCUT2D eigenvalue weighted by atomic mass is 9.93. The third-order valence-corrected chi connectivity index (χ3v) is 5.32. The van der Waals surface area contributed by atoms with Crippen LogP contribution in [0.2, 0.25) is 10.0 Å². The van der Waals surface area contributed by atoms with Gasteiger partial charge in [0.25, 0.3) is 11.1 Å². The van der Waals surface area contributed by atoms with E-state index in [1.54, 1.807) is 16.8 Å². The number of benzene rings is 1. The van der Waals surface area contributed by atoms with Crippen molar-refractivity contribution in [3.8, 4) is 23.3 Å². The van der Waals surface area contributed by atoms with Gasteiger partial charge in [-0.15, -0.1) is 5.10 Å². The van der Waals surface area contributed by atoms with Gasteiger partial charge in [0.15, 0.2) is 5.75 Å². The molecule has 1 aromatic carbocycles. The van der Waals surface area contributed by atoms with Gasteiger partial charge in [-0.1, -0.05) is 23.2 Å². The number of aromatic amines is 1. The predicted octanol–water partition coefficient (Wildman–Crippen LogP) is 2.78. The van der Waals surface area contributed by atoms with Gasteiger partial charge < -0.3 is 9.30 Å². The van der Waals surface area contributed by atoms with Gasteiger partial charge in [-0.2, -0.15) is 9.94 Å². The van der Waals surface area contributed by atoms with Crippen LogP contribution in [0.15, 0.2) is 44.8 Å². The normalized spacial score (nSPS) is 13.5. The summed E-state index contributed by atoms with van der Waals surface area (Å²) in [6.45, 7) is 0. The van der Waals surface area contributed by atoms with Crippen molar-refractivity contribution in [2.75, 3.05) is 0 Å². The van der Waals surface area contributed by atoms with Gasteiger partial charge in [0.05, 0.1) is 21.9 Å².